The van der Waals surface area contributed by atoms with Gasteiger partial charge in [0.2, 0.25) is 0 Å². The molecule has 0 aliphatic heterocycles. The van der Waals surface area contributed by atoms with Gasteiger partial charge in [0.1, 0.15) is 0 Å². The van der Waals surface area contributed by atoms with Crippen molar-refractivity contribution in [1.29, 1.82) is 0 Å². The lowest BCUT2D eigenvalue weighted by molar-refractivity contribution is 0.334. The maximum Gasteiger partial charge on any atom is 0.260 e. The quantitative estimate of drug-likeness (QED) is 0.786. The third-order valence-electron chi connectivity index (χ3n) is 3.57. The summed E-state index contributed by atoms with van der Waals surface area (Å²) in [5.41, 5.74) is 0.824. The highest BCUT2D eigenvalue weighted by atomic mass is 35.5. The van der Waals surface area contributed by atoms with Crippen LogP contribution in [-0.4, -0.2) is 30.3 Å². The molecule has 0 unspecified atom stereocenters. The first-order valence-electron chi connectivity index (χ1n) is 6.62. The van der Waals surface area contributed by atoms with Crippen LogP contribution in [0, 0.1) is 0 Å². The van der Waals surface area contributed by atoms with Crippen LogP contribution in [0.25, 0.3) is 0 Å². The van der Waals surface area contributed by atoms with E-state index in [1.165, 1.54) is 6.20 Å². The average molecular weight is 303 g/mol. The molecule has 6 heteroatoms. The van der Waals surface area contributed by atoms with Gasteiger partial charge in [0.15, 0.2) is 5.03 Å². The summed E-state index contributed by atoms with van der Waals surface area (Å²) in [5, 5.41) is 0.120. The van der Waals surface area contributed by atoms with Crippen molar-refractivity contribution in [2.24, 2.45) is 0 Å². The summed E-state index contributed by atoms with van der Waals surface area (Å²) in [6.45, 7) is 2.37. The Kier molecular flexibility index (Phi) is 4.81. The second-order valence-electron chi connectivity index (χ2n) is 4.78. The zero-order valence-electron chi connectivity index (χ0n) is 11.0. The minimum absolute atomic E-state index is 0.120. The lowest BCUT2D eigenvalue weighted by Gasteiger charge is -2.26. The monoisotopic (exact) mass is 302 g/mol. The molecule has 2 rings (SSSR count). The largest absolute Gasteiger partial charge is 0.260 e. The smallest absolute Gasteiger partial charge is 0.243 e. The molecule has 1 aliphatic carbocycles. The maximum absolute atomic E-state index is 12.6. The third kappa shape index (κ3) is 3.09. The molecule has 0 saturated heterocycles. The van der Waals surface area contributed by atoms with E-state index in [4.69, 9.17) is 11.6 Å². The SMILES string of the molecule is CCN(C1CCCC1)S(=O)(=O)c1ccc(CCl)cn1. The summed E-state index contributed by atoms with van der Waals surface area (Å²) in [5.74, 6) is 0.341. The number of nitrogens with zero attached hydrogens (tertiary/aromatic N) is 2. The molecule has 0 aromatic carbocycles. The number of halogens is 1. The molecule has 0 spiro atoms. The molecule has 1 heterocycles. The summed E-state index contributed by atoms with van der Waals surface area (Å²) in [6, 6.07) is 3.39. The first-order valence-corrected chi connectivity index (χ1v) is 8.59. The first kappa shape index (κ1) is 14.8. The van der Waals surface area contributed by atoms with Gasteiger partial charge in [0.25, 0.3) is 10.0 Å². The van der Waals surface area contributed by atoms with Gasteiger partial charge in [0, 0.05) is 24.7 Å². The first-order chi connectivity index (χ1) is 9.09. The van der Waals surface area contributed by atoms with Crippen LogP contribution in [0.4, 0.5) is 0 Å². The minimum atomic E-state index is -3.48. The van der Waals surface area contributed by atoms with Crippen LogP contribution in [-0.2, 0) is 15.9 Å². The van der Waals surface area contributed by atoms with Gasteiger partial charge in [-0.25, -0.2) is 13.4 Å². The van der Waals surface area contributed by atoms with Crippen LogP contribution in [0.5, 0.6) is 0 Å². The molecule has 0 bridgehead atoms. The number of aromatic nitrogens is 1. The van der Waals surface area contributed by atoms with Crippen molar-refractivity contribution in [3.63, 3.8) is 0 Å². The van der Waals surface area contributed by atoms with E-state index in [0.717, 1.165) is 31.2 Å². The number of rotatable bonds is 5. The van der Waals surface area contributed by atoms with E-state index in [1.54, 1.807) is 16.4 Å². The van der Waals surface area contributed by atoms with E-state index in [-0.39, 0.29) is 11.1 Å². The molecule has 1 aliphatic rings. The van der Waals surface area contributed by atoms with Crippen LogP contribution in [0.3, 0.4) is 0 Å². The second kappa shape index (κ2) is 6.20. The molecule has 1 aromatic heterocycles. The summed E-state index contributed by atoms with van der Waals surface area (Å²) in [6.07, 6.45) is 5.65. The van der Waals surface area contributed by atoms with Crippen molar-refractivity contribution in [2.75, 3.05) is 6.54 Å². The van der Waals surface area contributed by atoms with Gasteiger partial charge < -0.3 is 0 Å². The molecule has 19 heavy (non-hydrogen) atoms. The number of alkyl halides is 1. The van der Waals surface area contributed by atoms with Crippen molar-refractivity contribution in [3.8, 4) is 0 Å². The molecule has 4 nitrogen and oxygen atoms in total. The molecule has 0 radical (unpaired) electrons. The van der Waals surface area contributed by atoms with Crippen LogP contribution < -0.4 is 0 Å². The lowest BCUT2D eigenvalue weighted by Crippen LogP contribution is -2.38. The van der Waals surface area contributed by atoms with Gasteiger partial charge in [-0.3, -0.25) is 0 Å². The van der Waals surface area contributed by atoms with E-state index in [0.29, 0.717) is 12.4 Å². The van der Waals surface area contributed by atoms with Crippen molar-refractivity contribution in [2.45, 2.75) is 49.6 Å². The Morgan fingerprint density at radius 1 is 1.37 bits per heavy atom. The van der Waals surface area contributed by atoms with Gasteiger partial charge in [-0.15, -0.1) is 11.6 Å². The third-order valence-corrected chi connectivity index (χ3v) is 5.82. The second-order valence-corrected chi connectivity index (χ2v) is 6.89. The molecule has 106 valence electrons. The summed E-state index contributed by atoms with van der Waals surface area (Å²) < 4.78 is 26.7. The fourth-order valence-corrected chi connectivity index (χ4v) is 4.35. The Bertz CT molecular complexity index is 510. The molecule has 1 saturated carbocycles. The maximum atomic E-state index is 12.6. The van der Waals surface area contributed by atoms with Crippen LogP contribution in [0.15, 0.2) is 23.4 Å². The van der Waals surface area contributed by atoms with E-state index >= 15 is 0 Å². The highest BCUT2D eigenvalue weighted by molar-refractivity contribution is 7.89. The molecule has 0 N–H and O–H groups in total. The Balaban J connectivity index is 2.27. The minimum Gasteiger partial charge on any atom is -0.243 e. The van der Waals surface area contributed by atoms with E-state index < -0.39 is 10.0 Å². The van der Waals surface area contributed by atoms with Gasteiger partial charge in [-0.1, -0.05) is 25.8 Å². The zero-order valence-corrected chi connectivity index (χ0v) is 12.6. The number of sulfonamides is 1. The van der Waals surface area contributed by atoms with Gasteiger partial charge in [-0.05, 0) is 24.5 Å². The predicted molar refractivity (Wildman–Crippen MR) is 75.6 cm³/mol. The number of hydrogen-bond donors (Lipinski definition) is 0. The molecule has 1 aromatic rings. The van der Waals surface area contributed by atoms with Crippen molar-refractivity contribution < 1.29 is 8.42 Å². The number of pyridine rings is 1. The average Bonchev–Trinajstić information content (AvgIpc) is 2.93. The number of hydrogen-bond acceptors (Lipinski definition) is 3. The van der Waals surface area contributed by atoms with E-state index in [2.05, 4.69) is 4.98 Å². The van der Waals surface area contributed by atoms with Crippen molar-refractivity contribution in [1.82, 2.24) is 9.29 Å². The Hall–Kier alpha value is -0.650. The highest BCUT2D eigenvalue weighted by Crippen LogP contribution is 2.27. The summed E-state index contributed by atoms with van der Waals surface area (Å²) >= 11 is 5.69. The summed E-state index contributed by atoms with van der Waals surface area (Å²) in [7, 11) is -3.48. The van der Waals surface area contributed by atoms with Crippen LogP contribution in [0.2, 0.25) is 0 Å². The van der Waals surface area contributed by atoms with Crippen LogP contribution >= 0.6 is 11.6 Å². The molecule has 0 atom stereocenters. The van der Waals surface area contributed by atoms with Crippen LogP contribution in [0.1, 0.15) is 38.2 Å². The normalized spacial score (nSPS) is 17.2. The molecular formula is C13H19ClN2O2S. The predicted octanol–water partition coefficient (Wildman–Crippen LogP) is 2.77. The molecule has 0 amide bonds. The van der Waals surface area contributed by atoms with Gasteiger partial charge in [0.05, 0.1) is 0 Å². The van der Waals surface area contributed by atoms with Gasteiger partial charge >= 0.3 is 0 Å². The zero-order chi connectivity index (χ0) is 13.9. The highest BCUT2D eigenvalue weighted by Gasteiger charge is 2.32. The molecule has 1 fully saturated rings. The van der Waals surface area contributed by atoms with Gasteiger partial charge in [-0.2, -0.15) is 4.31 Å². The van der Waals surface area contributed by atoms with E-state index in [9.17, 15) is 8.42 Å². The Morgan fingerprint density at radius 3 is 2.53 bits per heavy atom. The Labute approximate surface area is 119 Å². The fraction of sp³-hybridized carbons (Fsp3) is 0.615. The standard InChI is InChI=1S/C13H19ClN2O2S/c1-2-16(12-5-3-4-6-12)19(17,18)13-8-7-11(9-14)10-15-13/h7-8,10,12H,2-6,9H2,1H3. The van der Waals surface area contributed by atoms with Crippen molar-refractivity contribution in [3.05, 3.63) is 23.9 Å². The van der Waals surface area contributed by atoms with E-state index in [1.807, 2.05) is 6.92 Å². The Morgan fingerprint density at radius 2 is 2.05 bits per heavy atom. The summed E-state index contributed by atoms with van der Waals surface area (Å²) in [4.78, 5) is 4.05. The molecular weight excluding hydrogens is 284 g/mol. The van der Waals surface area contributed by atoms with Crippen molar-refractivity contribution >= 4 is 21.6 Å². The lowest BCUT2D eigenvalue weighted by atomic mass is 10.2. The fourth-order valence-electron chi connectivity index (χ4n) is 2.58. The topological polar surface area (TPSA) is 50.3 Å².